The molecule has 0 unspecified atom stereocenters. The van der Waals surface area contributed by atoms with Gasteiger partial charge >= 0.3 is 11.9 Å². The van der Waals surface area contributed by atoms with Crippen molar-refractivity contribution in [1.82, 2.24) is 15.2 Å². The first-order chi connectivity index (χ1) is 6.26. The molecule has 13 heavy (non-hydrogen) atoms. The van der Waals surface area contributed by atoms with Crippen LogP contribution >= 0.6 is 0 Å². The van der Waals surface area contributed by atoms with Crippen LogP contribution in [0.4, 0.5) is 5.95 Å². The van der Waals surface area contributed by atoms with Gasteiger partial charge in [-0.05, 0) is 12.8 Å². The molecule has 0 bridgehead atoms. The minimum Gasteiger partial charge on any atom is -0.463 e. The van der Waals surface area contributed by atoms with Gasteiger partial charge < -0.3 is 4.74 Å². The van der Waals surface area contributed by atoms with Gasteiger partial charge in [0.15, 0.2) is 0 Å². The van der Waals surface area contributed by atoms with Crippen molar-refractivity contribution in [3.63, 3.8) is 0 Å². The summed E-state index contributed by atoms with van der Waals surface area (Å²) < 4.78 is 4.95. The Morgan fingerprint density at radius 3 is 3.23 bits per heavy atom. The first-order valence-corrected chi connectivity index (χ1v) is 3.59. The molecular formula is C7H8N4O2. The Bertz CT molecular complexity index is 339. The largest absolute Gasteiger partial charge is 0.463 e. The van der Waals surface area contributed by atoms with Crippen LogP contribution in [0.15, 0.2) is 0 Å². The van der Waals surface area contributed by atoms with E-state index in [1.807, 2.05) is 5.92 Å². The number of rotatable bonds is 3. The molecule has 68 valence electrons. The summed E-state index contributed by atoms with van der Waals surface area (Å²) in [6, 6.07) is 0.176. The van der Waals surface area contributed by atoms with E-state index in [0.717, 1.165) is 0 Å². The lowest BCUT2D eigenvalue weighted by atomic mass is 10.6. The SMILES string of the molecule is C#CC(=O)Nc1nc(OCC)n[nH]1. The molecule has 0 aliphatic carbocycles. The van der Waals surface area contributed by atoms with Crippen LogP contribution in [-0.4, -0.2) is 27.7 Å². The monoisotopic (exact) mass is 180 g/mol. The van der Waals surface area contributed by atoms with Gasteiger partial charge in [-0.3, -0.25) is 10.1 Å². The molecule has 0 aliphatic heterocycles. The van der Waals surface area contributed by atoms with Gasteiger partial charge in [0.1, 0.15) is 0 Å². The molecule has 0 saturated carbocycles. The third-order valence-corrected chi connectivity index (χ3v) is 1.10. The summed E-state index contributed by atoms with van der Waals surface area (Å²) in [5.74, 6) is 1.46. The number of ether oxygens (including phenoxy) is 1. The average Bonchev–Trinajstić information content (AvgIpc) is 2.53. The van der Waals surface area contributed by atoms with E-state index in [1.165, 1.54) is 0 Å². The number of anilines is 1. The van der Waals surface area contributed by atoms with Gasteiger partial charge in [0.2, 0.25) is 5.95 Å². The maximum Gasteiger partial charge on any atom is 0.337 e. The molecule has 0 atom stereocenters. The zero-order valence-electron chi connectivity index (χ0n) is 7.00. The number of hydrogen-bond acceptors (Lipinski definition) is 4. The second kappa shape index (κ2) is 4.11. The van der Waals surface area contributed by atoms with Crippen molar-refractivity contribution in [1.29, 1.82) is 0 Å². The van der Waals surface area contributed by atoms with Crippen molar-refractivity contribution in [3.05, 3.63) is 0 Å². The number of carbonyl (C=O) groups excluding carboxylic acids is 1. The van der Waals surface area contributed by atoms with Crippen molar-refractivity contribution in [2.24, 2.45) is 0 Å². The van der Waals surface area contributed by atoms with Crippen LogP contribution < -0.4 is 10.1 Å². The molecular weight excluding hydrogens is 172 g/mol. The third kappa shape index (κ3) is 2.48. The standard InChI is InChI=1S/C7H8N4O2/c1-3-5(12)8-6-9-7(11-10-6)13-4-2/h1H,4H2,2H3,(H2,8,9,10,11,12). The lowest BCUT2D eigenvalue weighted by Gasteiger charge is -1.92. The Hall–Kier alpha value is -2.03. The lowest BCUT2D eigenvalue weighted by Crippen LogP contribution is -2.09. The van der Waals surface area contributed by atoms with Crippen molar-refractivity contribution < 1.29 is 9.53 Å². The highest BCUT2D eigenvalue weighted by molar-refractivity contribution is 6.02. The number of carbonyl (C=O) groups is 1. The Morgan fingerprint density at radius 1 is 1.85 bits per heavy atom. The van der Waals surface area contributed by atoms with Gasteiger partial charge in [0, 0.05) is 0 Å². The molecule has 1 heterocycles. The number of nitrogens with zero attached hydrogens (tertiary/aromatic N) is 2. The first-order valence-electron chi connectivity index (χ1n) is 3.59. The molecule has 1 amide bonds. The summed E-state index contributed by atoms with van der Waals surface area (Å²) >= 11 is 0. The Kier molecular flexibility index (Phi) is 2.87. The van der Waals surface area contributed by atoms with E-state index < -0.39 is 5.91 Å². The number of hydrogen-bond donors (Lipinski definition) is 2. The highest BCUT2D eigenvalue weighted by atomic mass is 16.5. The van der Waals surface area contributed by atoms with E-state index in [0.29, 0.717) is 6.61 Å². The van der Waals surface area contributed by atoms with Gasteiger partial charge in [0.25, 0.3) is 0 Å². The Balaban J connectivity index is 2.59. The van der Waals surface area contributed by atoms with Crippen molar-refractivity contribution >= 4 is 11.9 Å². The number of nitrogens with one attached hydrogen (secondary N) is 2. The molecule has 0 fully saturated rings. The summed E-state index contributed by atoms with van der Waals surface area (Å²) in [5.41, 5.74) is 0. The van der Waals surface area contributed by atoms with Gasteiger partial charge in [-0.25, -0.2) is 5.10 Å². The Labute approximate surface area is 74.7 Å². The van der Waals surface area contributed by atoms with E-state index in [2.05, 4.69) is 20.5 Å². The summed E-state index contributed by atoms with van der Waals surface area (Å²) in [7, 11) is 0. The van der Waals surface area contributed by atoms with Crippen LogP contribution in [0.25, 0.3) is 0 Å². The zero-order chi connectivity index (χ0) is 9.68. The smallest absolute Gasteiger partial charge is 0.337 e. The number of aromatic nitrogens is 3. The summed E-state index contributed by atoms with van der Waals surface area (Å²) in [4.78, 5) is 14.4. The molecule has 0 radical (unpaired) electrons. The molecule has 2 N–H and O–H groups in total. The van der Waals surface area contributed by atoms with E-state index in [4.69, 9.17) is 11.2 Å². The summed E-state index contributed by atoms with van der Waals surface area (Å²) in [6.07, 6.45) is 4.83. The number of terminal acetylenes is 1. The van der Waals surface area contributed by atoms with E-state index in [-0.39, 0.29) is 12.0 Å². The van der Waals surface area contributed by atoms with Crippen LogP contribution in [0, 0.1) is 12.3 Å². The molecule has 6 heteroatoms. The molecule has 1 rings (SSSR count). The van der Waals surface area contributed by atoms with Gasteiger partial charge in [0.05, 0.1) is 6.61 Å². The molecule has 0 aliphatic rings. The first kappa shape index (κ1) is 9.06. The topological polar surface area (TPSA) is 79.9 Å². The summed E-state index contributed by atoms with van der Waals surface area (Å²) in [6.45, 7) is 2.26. The van der Waals surface area contributed by atoms with Crippen molar-refractivity contribution in [3.8, 4) is 18.4 Å². The quantitative estimate of drug-likeness (QED) is 0.630. The van der Waals surface area contributed by atoms with E-state index in [9.17, 15) is 4.79 Å². The molecule has 1 aromatic heterocycles. The molecule has 0 spiro atoms. The van der Waals surface area contributed by atoms with Gasteiger partial charge in [-0.1, -0.05) is 0 Å². The van der Waals surface area contributed by atoms with E-state index in [1.54, 1.807) is 6.92 Å². The number of H-pyrrole nitrogens is 1. The van der Waals surface area contributed by atoms with Crippen LogP contribution in [0.5, 0.6) is 6.01 Å². The lowest BCUT2D eigenvalue weighted by molar-refractivity contribution is -0.111. The van der Waals surface area contributed by atoms with Crippen LogP contribution in [0.1, 0.15) is 6.92 Å². The predicted octanol–water partition coefficient (Wildman–Crippen LogP) is -0.225. The molecule has 0 aromatic carbocycles. The Morgan fingerprint density at radius 2 is 2.62 bits per heavy atom. The van der Waals surface area contributed by atoms with Crippen molar-refractivity contribution in [2.75, 3.05) is 11.9 Å². The van der Waals surface area contributed by atoms with Gasteiger partial charge in [-0.15, -0.1) is 11.5 Å². The fourth-order valence-electron chi connectivity index (χ4n) is 0.640. The van der Waals surface area contributed by atoms with Crippen LogP contribution in [0.3, 0.4) is 0 Å². The minimum atomic E-state index is -0.584. The fraction of sp³-hybridized carbons (Fsp3) is 0.286. The zero-order valence-corrected chi connectivity index (χ0v) is 7.00. The maximum atomic E-state index is 10.7. The fourth-order valence-corrected chi connectivity index (χ4v) is 0.640. The maximum absolute atomic E-state index is 10.7. The minimum absolute atomic E-state index is 0.173. The van der Waals surface area contributed by atoms with Crippen molar-refractivity contribution in [2.45, 2.75) is 6.92 Å². The highest BCUT2D eigenvalue weighted by Gasteiger charge is 2.04. The molecule has 6 nitrogen and oxygen atoms in total. The van der Waals surface area contributed by atoms with Crippen LogP contribution in [0.2, 0.25) is 0 Å². The predicted molar refractivity (Wildman–Crippen MR) is 45.0 cm³/mol. The molecule has 1 aromatic rings. The number of aromatic amines is 1. The summed E-state index contributed by atoms with van der Waals surface area (Å²) in [5, 5.41) is 8.38. The third-order valence-electron chi connectivity index (χ3n) is 1.10. The second-order valence-corrected chi connectivity index (χ2v) is 2.00. The van der Waals surface area contributed by atoms with Crippen LogP contribution in [-0.2, 0) is 4.79 Å². The molecule has 0 saturated heterocycles. The number of amides is 1. The van der Waals surface area contributed by atoms with Gasteiger partial charge in [-0.2, -0.15) is 4.98 Å². The van der Waals surface area contributed by atoms with E-state index >= 15 is 0 Å². The highest BCUT2D eigenvalue weighted by Crippen LogP contribution is 2.04. The normalized spacial score (nSPS) is 8.92. The second-order valence-electron chi connectivity index (χ2n) is 2.00. The average molecular weight is 180 g/mol.